The van der Waals surface area contributed by atoms with E-state index in [1.807, 2.05) is 17.9 Å². The molecule has 1 aromatic carbocycles. The highest BCUT2D eigenvalue weighted by Crippen LogP contribution is 2.39. The Morgan fingerprint density at radius 3 is 2.44 bits per heavy atom. The predicted octanol–water partition coefficient (Wildman–Crippen LogP) is 2.46. The molecule has 10 heteroatoms. The zero-order valence-corrected chi connectivity index (χ0v) is 15.2. The molecule has 0 N–H and O–H groups in total. The minimum absolute atomic E-state index is 0.279. The lowest BCUT2D eigenvalue weighted by Crippen LogP contribution is -2.70. The van der Waals surface area contributed by atoms with Gasteiger partial charge in [-0.05, 0) is 31.5 Å². The standard InChI is InChI=1S/C17H17F3N4O2S/c1-11-5-16(22-10-21-11)23-8-13-7-14(9-23)24(13)27(25,26)15-4-2-3-12(6-15)17(18,19)20/h2-6,10,13-14H,7-9H2,1H3. The molecule has 4 heterocycles. The summed E-state index contributed by atoms with van der Waals surface area (Å²) in [6.07, 6.45) is -2.43. The second-order valence-electron chi connectivity index (χ2n) is 6.83. The third-order valence-corrected chi connectivity index (χ3v) is 6.98. The smallest absolute Gasteiger partial charge is 0.353 e. The number of sulfonamides is 1. The van der Waals surface area contributed by atoms with Gasteiger partial charge in [0, 0.05) is 36.9 Å². The molecule has 0 amide bonds. The van der Waals surface area contributed by atoms with Gasteiger partial charge in [-0.1, -0.05) is 6.07 Å². The van der Waals surface area contributed by atoms with E-state index in [0.717, 1.165) is 23.6 Å². The lowest BCUT2D eigenvalue weighted by molar-refractivity contribution is -0.137. The van der Waals surface area contributed by atoms with Crippen LogP contribution in [0.3, 0.4) is 0 Å². The number of alkyl halides is 3. The topological polar surface area (TPSA) is 66.4 Å². The molecule has 2 atom stereocenters. The second-order valence-corrected chi connectivity index (χ2v) is 8.67. The molecule has 0 radical (unpaired) electrons. The first-order valence-electron chi connectivity index (χ1n) is 8.40. The number of fused-ring (bicyclic) bond motifs is 2. The summed E-state index contributed by atoms with van der Waals surface area (Å²) in [7, 11) is -3.98. The average Bonchev–Trinajstić information content (AvgIpc) is 2.61. The molecule has 2 aromatic rings. The van der Waals surface area contributed by atoms with Gasteiger partial charge >= 0.3 is 6.18 Å². The van der Waals surface area contributed by atoms with Crippen molar-refractivity contribution in [3.63, 3.8) is 0 Å². The summed E-state index contributed by atoms with van der Waals surface area (Å²) >= 11 is 0. The Balaban J connectivity index is 1.57. The van der Waals surface area contributed by atoms with Gasteiger partial charge in [0.05, 0.1) is 10.5 Å². The molecular weight excluding hydrogens is 381 g/mol. The van der Waals surface area contributed by atoms with Crippen molar-refractivity contribution >= 4 is 15.8 Å². The van der Waals surface area contributed by atoms with Crippen LogP contribution < -0.4 is 4.90 Å². The third kappa shape index (κ3) is 3.16. The molecule has 3 aliphatic rings. The molecule has 2 unspecified atom stereocenters. The Kier molecular flexibility index (Phi) is 4.15. The number of aryl methyl sites for hydroxylation is 1. The fourth-order valence-electron chi connectivity index (χ4n) is 3.72. The quantitative estimate of drug-likeness (QED) is 0.795. The summed E-state index contributed by atoms with van der Waals surface area (Å²) in [6, 6.07) is 5.18. The van der Waals surface area contributed by atoms with Crippen molar-refractivity contribution in [3.8, 4) is 0 Å². The highest BCUT2D eigenvalue weighted by atomic mass is 32.2. The van der Waals surface area contributed by atoms with Crippen LogP contribution in [0.15, 0.2) is 41.6 Å². The number of nitrogens with zero attached hydrogens (tertiary/aromatic N) is 4. The summed E-state index contributed by atoms with van der Waals surface area (Å²) < 4.78 is 66.0. The highest BCUT2D eigenvalue weighted by Gasteiger charge is 2.51. The van der Waals surface area contributed by atoms with E-state index in [4.69, 9.17) is 0 Å². The van der Waals surface area contributed by atoms with E-state index in [1.54, 1.807) is 0 Å². The first-order valence-corrected chi connectivity index (χ1v) is 9.84. The van der Waals surface area contributed by atoms with Crippen LogP contribution >= 0.6 is 0 Å². The molecule has 3 saturated heterocycles. The first kappa shape index (κ1) is 18.2. The van der Waals surface area contributed by atoms with E-state index in [9.17, 15) is 21.6 Å². The largest absolute Gasteiger partial charge is 0.416 e. The number of rotatable bonds is 3. The normalized spacial score (nSPS) is 23.2. The van der Waals surface area contributed by atoms with Gasteiger partial charge in [0.2, 0.25) is 10.0 Å². The Bertz CT molecular complexity index is 968. The van der Waals surface area contributed by atoms with Crippen LogP contribution in [0.25, 0.3) is 0 Å². The number of anilines is 1. The SMILES string of the molecule is Cc1cc(N2CC3CC(C2)N3S(=O)(=O)c2cccc(C(F)(F)F)c2)ncn1. The zero-order valence-electron chi connectivity index (χ0n) is 14.4. The molecule has 0 spiro atoms. The molecule has 3 fully saturated rings. The van der Waals surface area contributed by atoms with Crippen LogP contribution in [0.1, 0.15) is 17.7 Å². The molecule has 144 valence electrons. The predicted molar refractivity (Wildman–Crippen MR) is 91.6 cm³/mol. The Morgan fingerprint density at radius 2 is 1.81 bits per heavy atom. The average molecular weight is 398 g/mol. The van der Waals surface area contributed by atoms with Gasteiger partial charge in [-0.2, -0.15) is 17.5 Å². The lowest BCUT2D eigenvalue weighted by atomic mass is 9.91. The van der Waals surface area contributed by atoms with Crippen LogP contribution in [0.4, 0.5) is 19.0 Å². The van der Waals surface area contributed by atoms with Crippen LogP contribution in [-0.4, -0.2) is 47.9 Å². The summed E-state index contributed by atoms with van der Waals surface area (Å²) in [5.74, 6) is 0.730. The van der Waals surface area contributed by atoms with Crippen molar-refractivity contribution in [2.75, 3.05) is 18.0 Å². The molecule has 0 aliphatic carbocycles. The maximum Gasteiger partial charge on any atom is 0.416 e. The van der Waals surface area contributed by atoms with Crippen molar-refractivity contribution in [2.45, 2.75) is 36.5 Å². The maximum atomic E-state index is 12.9. The van der Waals surface area contributed by atoms with Crippen molar-refractivity contribution in [2.24, 2.45) is 0 Å². The Labute approximate surface area is 154 Å². The van der Waals surface area contributed by atoms with E-state index in [1.165, 1.54) is 16.7 Å². The number of hydrogen-bond acceptors (Lipinski definition) is 5. The van der Waals surface area contributed by atoms with Gasteiger partial charge in [0.15, 0.2) is 0 Å². The van der Waals surface area contributed by atoms with Gasteiger partial charge in [0.25, 0.3) is 0 Å². The van der Waals surface area contributed by atoms with Crippen molar-refractivity contribution in [1.29, 1.82) is 0 Å². The van der Waals surface area contributed by atoms with E-state index in [-0.39, 0.29) is 17.0 Å². The van der Waals surface area contributed by atoms with Crippen LogP contribution in [0, 0.1) is 6.92 Å². The third-order valence-electron chi connectivity index (χ3n) is 4.98. The molecule has 3 aliphatic heterocycles. The van der Waals surface area contributed by atoms with Gasteiger partial charge in [-0.15, -0.1) is 0 Å². The summed E-state index contributed by atoms with van der Waals surface area (Å²) in [4.78, 5) is 9.95. The van der Waals surface area contributed by atoms with Crippen LogP contribution in [0.5, 0.6) is 0 Å². The van der Waals surface area contributed by atoms with Gasteiger partial charge < -0.3 is 4.90 Å². The summed E-state index contributed by atoms with van der Waals surface area (Å²) in [5, 5.41) is 0. The van der Waals surface area contributed by atoms with Crippen molar-refractivity contribution in [1.82, 2.24) is 14.3 Å². The van der Waals surface area contributed by atoms with E-state index >= 15 is 0 Å². The monoisotopic (exact) mass is 398 g/mol. The highest BCUT2D eigenvalue weighted by molar-refractivity contribution is 7.89. The second kappa shape index (κ2) is 6.16. The van der Waals surface area contributed by atoms with Crippen LogP contribution in [0.2, 0.25) is 0 Å². The minimum atomic E-state index is -4.59. The maximum absolute atomic E-state index is 12.9. The zero-order chi connectivity index (χ0) is 19.4. The van der Waals surface area contributed by atoms with E-state index in [2.05, 4.69) is 9.97 Å². The fraction of sp³-hybridized carbons (Fsp3) is 0.412. The lowest BCUT2D eigenvalue weighted by Gasteiger charge is -2.55. The molecule has 5 rings (SSSR count). The summed E-state index contributed by atoms with van der Waals surface area (Å²) in [5.41, 5.74) is -0.153. The number of benzene rings is 1. The molecule has 6 nitrogen and oxygen atoms in total. The van der Waals surface area contributed by atoms with Crippen LogP contribution in [-0.2, 0) is 16.2 Å². The first-order chi connectivity index (χ1) is 12.7. The van der Waals surface area contributed by atoms with E-state index in [0.29, 0.717) is 25.6 Å². The molecule has 2 bridgehead atoms. The number of halogens is 3. The van der Waals surface area contributed by atoms with Crippen molar-refractivity contribution < 1.29 is 21.6 Å². The molecule has 27 heavy (non-hydrogen) atoms. The van der Waals surface area contributed by atoms with Gasteiger partial charge in [0.1, 0.15) is 12.1 Å². The number of piperazine rings is 1. The van der Waals surface area contributed by atoms with Gasteiger partial charge in [-0.3, -0.25) is 0 Å². The number of hydrogen-bond donors (Lipinski definition) is 0. The molecule has 0 saturated carbocycles. The molecular formula is C17H17F3N4O2S. The number of aromatic nitrogens is 2. The van der Waals surface area contributed by atoms with E-state index < -0.39 is 21.8 Å². The fourth-order valence-corrected chi connectivity index (χ4v) is 5.58. The Morgan fingerprint density at radius 1 is 1.11 bits per heavy atom. The summed E-state index contributed by atoms with van der Waals surface area (Å²) in [6.45, 7) is 2.75. The van der Waals surface area contributed by atoms with Gasteiger partial charge in [-0.25, -0.2) is 18.4 Å². The molecule has 1 aromatic heterocycles. The Hall–Kier alpha value is -2.20. The minimum Gasteiger partial charge on any atom is -0.353 e. The number of piperidine rings is 1. The van der Waals surface area contributed by atoms with Crippen molar-refractivity contribution in [3.05, 3.63) is 47.9 Å².